The molecule has 67 heavy (non-hydrogen) atoms. The van der Waals surface area contributed by atoms with E-state index in [2.05, 4.69) is 239 Å². The first-order valence-corrected chi connectivity index (χ1v) is 23.4. The number of furan rings is 2. The van der Waals surface area contributed by atoms with Crippen LogP contribution < -0.4 is 9.80 Å². The van der Waals surface area contributed by atoms with Gasteiger partial charge < -0.3 is 18.6 Å². The second kappa shape index (κ2) is 16.4. The van der Waals surface area contributed by atoms with Crippen molar-refractivity contribution in [3.63, 3.8) is 0 Å². The van der Waals surface area contributed by atoms with E-state index in [1.165, 1.54) is 11.1 Å². The van der Waals surface area contributed by atoms with Crippen LogP contribution in [-0.2, 0) is 10.8 Å². The van der Waals surface area contributed by atoms with Gasteiger partial charge in [0.05, 0.1) is 16.4 Å². The van der Waals surface area contributed by atoms with Crippen LogP contribution >= 0.6 is 11.6 Å². The number of benzene rings is 9. The lowest BCUT2D eigenvalue weighted by atomic mass is 9.86. The van der Waals surface area contributed by atoms with Crippen molar-refractivity contribution in [3.8, 4) is 22.3 Å². The molecule has 0 saturated heterocycles. The first-order chi connectivity index (χ1) is 32.4. The molecule has 5 heteroatoms. The summed E-state index contributed by atoms with van der Waals surface area (Å²) < 4.78 is 13.6. The second-order valence-electron chi connectivity index (χ2n) is 19.5. The Morgan fingerprint density at radius 2 is 0.657 bits per heavy atom. The van der Waals surface area contributed by atoms with Crippen LogP contribution in [0.25, 0.3) is 66.1 Å². The van der Waals surface area contributed by atoms with Crippen molar-refractivity contribution in [2.45, 2.75) is 52.4 Å². The van der Waals surface area contributed by atoms with E-state index in [4.69, 9.17) is 20.4 Å². The molecular weight excluding hydrogens is 840 g/mol. The van der Waals surface area contributed by atoms with E-state index in [-0.39, 0.29) is 10.8 Å². The molecule has 0 unspecified atom stereocenters. The molecule has 0 fully saturated rings. The van der Waals surface area contributed by atoms with Gasteiger partial charge in [0.25, 0.3) is 0 Å². The lowest BCUT2D eigenvalue weighted by molar-refractivity contribution is 0.572. The number of rotatable bonds is 8. The van der Waals surface area contributed by atoms with Gasteiger partial charge in [-0.05, 0) is 82.6 Å². The van der Waals surface area contributed by atoms with Crippen LogP contribution in [0.4, 0.5) is 34.1 Å². The highest BCUT2D eigenvalue weighted by Crippen LogP contribution is 2.48. The van der Waals surface area contributed by atoms with Gasteiger partial charge in [-0.2, -0.15) is 0 Å². The Hall–Kier alpha value is -7.53. The van der Waals surface area contributed by atoms with Crippen molar-refractivity contribution in [2.75, 3.05) is 9.80 Å². The Morgan fingerprint density at radius 1 is 0.328 bits per heavy atom. The molecule has 0 bridgehead atoms. The Bertz CT molecular complexity index is 3380. The second-order valence-corrected chi connectivity index (χ2v) is 19.9. The van der Waals surface area contributed by atoms with Gasteiger partial charge in [-0.25, -0.2) is 0 Å². The number of nitrogens with zero attached hydrogens (tertiary/aromatic N) is 2. The third-order valence-electron chi connectivity index (χ3n) is 13.0. The summed E-state index contributed by atoms with van der Waals surface area (Å²) in [6.45, 7) is 13.4. The van der Waals surface area contributed by atoms with Gasteiger partial charge in [0.1, 0.15) is 22.3 Å². The van der Waals surface area contributed by atoms with Gasteiger partial charge in [0.15, 0.2) is 0 Å². The maximum Gasteiger partial charge on any atom is 0.143 e. The molecule has 0 saturated carbocycles. The van der Waals surface area contributed by atoms with Crippen molar-refractivity contribution < 1.29 is 8.83 Å². The first kappa shape index (κ1) is 42.1. The number of fused-ring (bicyclic) bond motifs is 6. The Balaban J connectivity index is 1.05. The average Bonchev–Trinajstić information content (AvgIpc) is 3.92. The molecule has 0 amide bonds. The number of hydrogen-bond donors (Lipinski definition) is 0. The standard InChI is InChI=1S/C62H51ClN2O2/c1-61(2,3)52-28-15-26-50-48-24-13-22-46(57(48)66-59(50)52)40-32-36-44(37-33-40)65(55-31-17-30-54(56(55)63)64(42-18-9-7-10-19-42)43-20-11-8-12-21-43)45-38-34-41(35-39-45)47-23-14-25-49-51-27-16-29-53(62(4,5)6)60(51)67-58(47)49/h7-39H,1-6H3. The van der Waals surface area contributed by atoms with E-state index in [1.807, 2.05) is 12.1 Å². The van der Waals surface area contributed by atoms with Gasteiger partial charge in [-0.15, -0.1) is 0 Å². The number of anilines is 6. The Morgan fingerprint density at radius 3 is 1.03 bits per heavy atom. The summed E-state index contributed by atoms with van der Waals surface area (Å²) in [7, 11) is 0. The van der Waals surface area contributed by atoms with Crippen LogP contribution in [0.2, 0.25) is 5.02 Å². The van der Waals surface area contributed by atoms with Crippen LogP contribution in [-0.4, -0.2) is 0 Å². The van der Waals surface area contributed by atoms with Crippen LogP contribution in [0.5, 0.6) is 0 Å². The fourth-order valence-electron chi connectivity index (χ4n) is 9.72. The molecule has 0 aliphatic carbocycles. The summed E-state index contributed by atoms with van der Waals surface area (Å²) in [5.41, 5.74) is 15.8. The topological polar surface area (TPSA) is 32.8 Å². The monoisotopic (exact) mass is 890 g/mol. The van der Waals surface area contributed by atoms with E-state index < -0.39 is 0 Å². The van der Waals surface area contributed by atoms with Crippen molar-refractivity contribution in [1.29, 1.82) is 0 Å². The number of hydrogen-bond acceptors (Lipinski definition) is 4. The summed E-state index contributed by atoms with van der Waals surface area (Å²) in [5, 5.41) is 5.11. The number of halogens is 1. The van der Waals surface area contributed by atoms with E-state index in [1.54, 1.807) is 0 Å². The van der Waals surface area contributed by atoms with Crippen LogP contribution in [0.3, 0.4) is 0 Å². The molecule has 2 aromatic heterocycles. The van der Waals surface area contributed by atoms with Gasteiger partial charge in [-0.3, -0.25) is 0 Å². The minimum absolute atomic E-state index is 0.0639. The third-order valence-corrected chi connectivity index (χ3v) is 13.4. The van der Waals surface area contributed by atoms with Gasteiger partial charge in [0, 0.05) is 66.5 Å². The van der Waals surface area contributed by atoms with E-state index in [0.717, 1.165) is 100 Å². The van der Waals surface area contributed by atoms with Gasteiger partial charge in [-0.1, -0.05) is 193 Å². The molecule has 0 N–H and O–H groups in total. The fraction of sp³-hybridized carbons (Fsp3) is 0.129. The predicted molar refractivity (Wildman–Crippen MR) is 284 cm³/mol. The summed E-state index contributed by atoms with van der Waals surface area (Å²) in [4.78, 5) is 4.47. The average molecular weight is 892 g/mol. The van der Waals surface area contributed by atoms with Crippen LogP contribution in [0, 0.1) is 0 Å². The highest BCUT2D eigenvalue weighted by molar-refractivity contribution is 6.36. The third kappa shape index (κ3) is 7.42. The molecular formula is C62H51ClN2O2. The largest absolute Gasteiger partial charge is 0.455 e. The van der Waals surface area contributed by atoms with Crippen molar-refractivity contribution in [3.05, 3.63) is 216 Å². The maximum atomic E-state index is 7.74. The Kier molecular flexibility index (Phi) is 10.3. The molecule has 2 heterocycles. The summed E-state index contributed by atoms with van der Waals surface area (Å²) >= 11 is 7.74. The Labute approximate surface area is 397 Å². The highest BCUT2D eigenvalue weighted by Gasteiger charge is 2.26. The molecule has 11 aromatic rings. The summed E-state index contributed by atoms with van der Waals surface area (Å²) in [5.74, 6) is 0. The van der Waals surface area contributed by atoms with E-state index >= 15 is 0 Å². The molecule has 4 nitrogen and oxygen atoms in total. The first-order valence-electron chi connectivity index (χ1n) is 23.0. The maximum absolute atomic E-state index is 7.74. The lowest BCUT2D eigenvalue weighted by Crippen LogP contribution is -2.14. The quantitative estimate of drug-likeness (QED) is 0.152. The lowest BCUT2D eigenvalue weighted by Gasteiger charge is -2.31. The zero-order valence-electron chi connectivity index (χ0n) is 38.6. The van der Waals surface area contributed by atoms with E-state index in [9.17, 15) is 0 Å². The molecule has 0 aliphatic heterocycles. The molecule has 0 atom stereocenters. The summed E-state index contributed by atoms with van der Waals surface area (Å²) in [6.07, 6.45) is 0. The zero-order chi connectivity index (χ0) is 46.0. The molecule has 9 aromatic carbocycles. The molecule has 0 radical (unpaired) electrons. The molecule has 11 rings (SSSR count). The SMILES string of the molecule is CC(C)(C)c1cccc2c1oc1c(-c3ccc(N(c4ccc(-c5cccc6c5oc5c(C(C)(C)C)cccc56)cc4)c4cccc(N(c5ccccc5)c5ccccc5)c4Cl)cc3)cccc12. The molecule has 0 spiro atoms. The van der Waals surface area contributed by atoms with E-state index in [0.29, 0.717) is 5.02 Å². The zero-order valence-corrected chi connectivity index (χ0v) is 39.4. The van der Waals surface area contributed by atoms with Crippen molar-refractivity contribution >= 4 is 89.6 Å². The number of para-hydroxylation sites is 6. The minimum Gasteiger partial charge on any atom is -0.455 e. The molecule has 0 aliphatic rings. The minimum atomic E-state index is -0.0639. The van der Waals surface area contributed by atoms with Crippen molar-refractivity contribution in [1.82, 2.24) is 0 Å². The normalized spacial score (nSPS) is 12.1. The van der Waals surface area contributed by atoms with Crippen LogP contribution in [0.15, 0.2) is 209 Å². The van der Waals surface area contributed by atoms with Gasteiger partial charge >= 0.3 is 0 Å². The summed E-state index contributed by atoms with van der Waals surface area (Å²) in [6, 6.07) is 70.4. The van der Waals surface area contributed by atoms with Crippen molar-refractivity contribution in [2.24, 2.45) is 0 Å². The predicted octanol–water partition coefficient (Wildman–Crippen LogP) is 19.0. The fourth-order valence-corrected chi connectivity index (χ4v) is 10.0. The molecule has 328 valence electrons. The smallest absolute Gasteiger partial charge is 0.143 e. The van der Waals surface area contributed by atoms with Gasteiger partial charge in [0.2, 0.25) is 0 Å². The van der Waals surface area contributed by atoms with Crippen LogP contribution in [0.1, 0.15) is 52.7 Å². The highest BCUT2D eigenvalue weighted by atomic mass is 35.5.